The van der Waals surface area contributed by atoms with Gasteiger partial charge in [-0.15, -0.1) is 0 Å². The van der Waals surface area contributed by atoms with E-state index >= 15 is 0 Å². The summed E-state index contributed by atoms with van der Waals surface area (Å²) >= 11 is 0. The summed E-state index contributed by atoms with van der Waals surface area (Å²) in [5, 5.41) is 2.81. The molecule has 2 unspecified atom stereocenters. The Morgan fingerprint density at radius 3 is 2.48 bits per heavy atom. The van der Waals surface area contributed by atoms with Crippen LogP contribution in [0.4, 0.5) is 0 Å². The number of nitrogens with one attached hydrogen (secondary N) is 1. The van der Waals surface area contributed by atoms with Gasteiger partial charge in [-0.25, -0.2) is 0 Å². The molecule has 1 saturated heterocycles. The van der Waals surface area contributed by atoms with Crippen molar-refractivity contribution in [2.24, 2.45) is 17.1 Å². The van der Waals surface area contributed by atoms with Gasteiger partial charge in [-0.2, -0.15) is 0 Å². The Bertz CT molecular complexity index is 376. The van der Waals surface area contributed by atoms with Crippen LogP contribution in [0.1, 0.15) is 53.9 Å². The van der Waals surface area contributed by atoms with Crippen molar-refractivity contribution >= 4 is 11.8 Å². The van der Waals surface area contributed by atoms with Crippen molar-refractivity contribution in [1.82, 2.24) is 10.2 Å². The Balaban J connectivity index is 2.91. The van der Waals surface area contributed by atoms with Crippen LogP contribution in [0.3, 0.4) is 0 Å². The van der Waals surface area contributed by atoms with Crippen LogP contribution in [0.2, 0.25) is 0 Å². The average Bonchev–Trinajstić information content (AvgIpc) is 2.76. The first-order valence-electron chi connectivity index (χ1n) is 8.02. The number of carbonyl (C=O) groups excluding carboxylic acids is 2. The molecule has 3 N–H and O–H groups in total. The van der Waals surface area contributed by atoms with Crippen molar-refractivity contribution < 1.29 is 9.59 Å². The minimum absolute atomic E-state index is 0.0344. The SMILES string of the molecule is CCCC1C(C)CCN1C(=O)[C@@H](NC(=O)CN)C(C)(C)C. The van der Waals surface area contributed by atoms with Gasteiger partial charge in [-0.1, -0.05) is 41.0 Å². The number of rotatable bonds is 5. The topological polar surface area (TPSA) is 75.4 Å². The van der Waals surface area contributed by atoms with Gasteiger partial charge in [0.1, 0.15) is 6.04 Å². The molecule has 1 aliphatic heterocycles. The smallest absolute Gasteiger partial charge is 0.245 e. The molecular weight excluding hydrogens is 266 g/mol. The van der Waals surface area contributed by atoms with Gasteiger partial charge in [0.25, 0.3) is 0 Å². The van der Waals surface area contributed by atoms with Crippen molar-refractivity contribution in [3.05, 3.63) is 0 Å². The summed E-state index contributed by atoms with van der Waals surface area (Å²) < 4.78 is 0. The summed E-state index contributed by atoms with van der Waals surface area (Å²) in [7, 11) is 0. The van der Waals surface area contributed by atoms with Crippen LogP contribution in [0.25, 0.3) is 0 Å². The molecule has 0 aromatic rings. The van der Waals surface area contributed by atoms with Gasteiger partial charge in [-0.05, 0) is 24.2 Å². The third kappa shape index (κ3) is 4.43. The van der Waals surface area contributed by atoms with Gasteiger partial charge < -0.3 is 16.0 Å². The largest absolute Gasteiger partial charge is 0.343 e. The molecule has 5 heteroatoms. The normalized spacial score (nSPS) is 24.0. The highest BCUT2D eigenvalue weighted by Crippen LogP contribution is 2.30. The molecule has 0 spiro atoms. The fourth-order valence-corrected chi connectivity index (χ4v) is 3.05. The molecule has 0 radical (unpaired) electrons. The first kappa shape index (κ1) is 18.0. The maximum atomic E-state index is 12.9. The highest BCUT2D eigenvalue weighted by Gasteiger charge is 2.41. The molecule has 122 valence electrons. The predicted molar refractivity (Wildman–Crippen MR) is 84.6 cm³/mol. The maximum Gasteiger partial charge on any atom is 0.245 e. The zero-order chi connectivity index (χ0) is 16.2. The van der Waals surface area contributed by atoms with Gasteiger partial charge >= 0.3 is 0 Å². The first-order valence-corrected chi connectivity index (χ1v) is 8.02. The third-order valence-electron chi connectivity index (χ3n) is 4.35. The van der Waals surface area contributed by atoms with Gasteiger partial charge in [0.2, 0.25) is 11.8 Å². The molecule has 1 heterocycles. The highest BCUT2D eigenvalue weighted by atomic mass is 16.2. The Hall–Kier alpha value is -1.10. The van der Waals surface area contributed by atoms with Crippen molar-refractivity contribution in [3.8, 4) is 0 Å². The van der Waals surface area contributed by atoms with Gasteiger partial charge in [0.05, 0.1) is 6.54 Å². The van der Waals surface area contributed by atoms with Gasteiger partial charge in [0.15, 0.2) is 0 Å². The monoisotopic (exact) mass is 297 g/mol. The van der Waals surface area contributed by atoms with E-state index in [1.54, 1.807) is 0 Å². The van der Waals surface area contributed by atoms with E-state index in [4.69, 9.17) is 5.73 Å². The van der Waals surface area contributed by atoms with Gasteiger partial charge in [0, 0.05) is 12.6 Å². The molecule has 0 aromatic heterocycles. The third-order valence-corrected chi connectivity index (χ3v) is 4.35. The summed E-state index contributed by atoms with van der Waals surface area (Å²) in [6.07, 6.45) is 3.13. The zero-order valence-electron chi connectivity index (χ0n) is 14.1. The second kappa shape index (κ2) is 7.25. The molecule has 1 rings (SSSR count). The van der Waals surface area contributed by atoms with E-state index in [1.165, 1.54) is 0 Å². The summed E-state index contributed by atoms with van der Waals surface area (Å²) in [5.74, 6) is 0.286. The predicted octanol–water partition coefficient (Wildman–Crippen LogP) is 1.51. The lowest BCUT2D eigenvalue weighted by atomic mass is 9.85. The van der Waals surface area contributed by atoms with Crippen molar-refractivity contribution in [2.45, 2.75) is 66.0 Å². The number of nitrogens with zero attached hydrogens (tertiary/aromatic N) is 1. The molecule has 1 aliphatic rings. The van der Waals surface area contributed by atoms with Crippen LogP contribution in [0.15, 0.2) is 0 Å². The van der Waals surface area contributed by atoms with Crippen LogP contribution in [-0.4, -0.2) is 41.9 Å². The molecule has 0 saturated carbocycles. The van der Waals surface area contributed by atoms with Crippen LogP contribution in [0, 0.1) is 11.3 Å². The Labute approximate surface area is 128 Å². The molecule has 0 bridgehead atoms. The van der Waals surface area contributed by atoms with Crippen LogP contribution < -0.4 is 11.1 Å². The minimum Gasteiger partial charge on any atom is -0.343 e. The molecule has 5 nitrogen and oxygen atoms in total. The lowest BCUT2D eigenvalue weighted by molar-refractivity contribution is -0.140. The molecule has 0 aliphatic carbocycles. The van der Waals surface area contributed by atoms with E-state index in [2.05, 4.69) is 19.2 Å². The molecule has 3 atom stereocenters. The molecule has 1 fully saturated rings. The second-order valence-electron chi connectivity index (χ2n) is 7.22. The number of carbonyl (C=O) groups is 2. The average molecular weight is 297 g/mol. The van der Waals surface area contributed by atoms with Crippen LogP contribution in [0.5, 0.6) is 0 Å². The Morgan fingerprint density at radius 1 is 1.38 bits per heavy atom. The van der Waals surface area contributed by atoms with Crippen molar-refractivity contribution in [2.75, 3.05) is 13.1 Å². The first-order chi connectivity index (χ1) is 9.72. The molecular formula is C16H31N3O2. The van der Waals surface area contributed by atoms with E-state index in [9.17, 15) is 9.59 Å². The Morgan fingerprint density at radius 2 is 2.00 bits per heavy atom. The lowest BCUT2D eigenvalue weighted by Gasteiger charge is -2.36. The summed E-state index contributed by atoms with van der Waals surface area (Å²) in [5.41, 5.74) is 5.05. The summed E-state index contributed by atoms with van der Waals surface area (Å²) in [4.78, 5) is 26.6. The quantitative estimate of drug-likeness (QED) is 0.807. The van der Waals surface area contributed by atoms with Crippen LogP contribution in [-0.2, 0) is 9.59 Å². The van der Waals surface area contributed by atoms with Crippen molar-refractivity contribution in [1.29, 1.82) is 0 Å². The standard InChI is InChI=1S/C16H31N3O2/c1-6-7-12-11(2)8-9-19(12)15(21)14(16(3,4)5)18-13(20)10-17/h11-12,14H,6-10,17H2,1-5H3,(H,18,20)/t11?,12?,14-/m1/s1. The second-order valence-corrected chi connectivity index (χ2v) is 7.22. The lowest BCUT2D eigenvalue weighted by Crippen LogP contribution is -2.56. The number of hydrogen-bond acceptors (Lipinski definition) is 3. The highest BCUT2D eigenvalue weighted by molar-refractivity contribution is 5.89. The number of hydrogen-bond donors (Lipinski definition) is 2. The fraction of sp³-hybridized carbons (Fsp3) is 0.875. The van der Waals surface area contributed by atoms with Gasteiger partial charge in [-0.3, -0.25) is 9.59 Å². The van der Waals surface area contributed by atoms with E-state index in [0.717, 1.165) is 25.8 Å². The molecule has 21 heavy (non-hydrogen) atoms. The fourth-order valence-electron chi connectivity index (χ4n) is 3.05. The summed E-state index contributed by atoms with van der Waals surface area (Å²) in [6.45, 7) is 11.0. The van der Waals surface area contributed by atoms with Crippen molar-refractivity contribution in [3.63, 3.8) is 0 Å². The molecule has 0 aromatic carbocycles. The van der Waals surface area contributed by atoms with E-state index in [0.29, 0.717) is 12.0 Å². The van der Waals surface area contributed by atoms with E-state index in [-0.39, 0.29) is 23.8 Å². The maximum absolute atomic E-state index is 12.9. The van der Waals surface area contributed by atoms with Crippen LogP contribution >= 0.6 is 0 Å². The summed E-state index contributed by atoms with van der Waals surface area (Å²) in [6, 6.07) is -0.222. The number of likely N-dealkylation sites (tertiary alicyclic amines) is 1. The molecule has 2 amide bonds. The number of nitrogens with two attached hydrogens (primary N) is 1. The van der Waals surface area contributed by atoms with E-state index in [1.807, 2.05) is 25.7 Å². The number of amides is 2. The zero-order valence-corrected chi connectivity index (χ0v) is 14.1. The Kier molecular flexibility index (Phi) is 6.20. The minimum atomic E-state index is -0.516. The van der Waals surface area contributed by atoms with E-state index < -0.39 is 6.04 Å².